The zero-order valence-electron chi connectivity index (χ0n) is 40.7. The fraction of sp³-hybridized carbons (Fsp3) is 0.683. The van der Waals surface area contributed by atoms with E-state index in [2.05, 4.69) is 60.5 Å². The molecule has 0 fully saturated rings. The third-order valence-electron chi connectivity index (χ3n) is 10.7. The van der Waals surface area contributed by atoms with E-state index in [4.69, 9.17) is 22.9 Å². The van der Waals surface area contributed by atoms with Crippen LogP contribution in [0.15, 0.2) is 0 Å². The predicted molar refractivity (Wildman–Crippen MR) is 255 cm³/mol. The molecule has 0 aromatic heterocycles. The Kier molecular flexibility index (Phi) is 30.7. The topological polar surface area (TPSA) is 535 Å². The lowest BCUT2D eigenvalue weighted by Gasteiger charge is -2.28. The molecule has 0 bridgehead atoms. The third kappa shape index (κ3) is 25.0. The Morgan fingerprint density at radius 2 is 1.00 bits per heavy atom. The van der Waals surface area contributed by atoms with Gasteiger partial charge < -0.3 is 96.3 Å². The molecule has 414 valence electrons. The van der Waals surface area contributed by atoms with Crippen LogP contribution in [0.1, 0.15) is 79.1 Å². The summed E-state index contributed by atoms with van der Waals surface area (Å²) in [4.78, 5) is 166. The van der Waals surface area contributed by atoms with Gasteiger partial charge in [0.05, 0.1) is 38.2 Å². The number of nitrogens with two attached hydrogens (primary N) is 4. The number of nitrogens with one attached hydrogen (secondary N) is 9. The number of carboxylic acid groups (broad SMARTS) is 2. The van der Waals surface area contributed by atoms with Crippen molar-refractivity contribution in [3.63, 3.8) is 0 Å². The molecule has 0 spiro atoms. The highest BCUT2D eigenvalue weighted by atomic mass is 32.1. The largest absolute Gasteiger partial charge is 0.481 e. The maximum atomic E-state index is 13.7. The van der Waals surface area contributed by atoms with E-state index in [-0.39, 0.29) is 31.6 Å². The van der Waals surface area contributed by atoms with Gasteiger partial charge in [-0.2, -0.15) is 12.6 Å². The smallest absolute Gasteiger partial charge is 0.327 e. The van der Waals surface area contributed by atoms with Crippen LogP contribution < -0.4 is 70.8 Å². The Balaban J connectivity index is 6.27. The van der Waals surface area contributed by atoms with Crippen LogP contribution in [0.3, 0.4) is 0 Å². The van der Waals surface area contributed by atoms with Crippen LogP contribution in [0, 0.1) is 5.92 Å². The van der Waals surface area contributed by atoms with Gasteiger partial charge in [0.1, 0.15) is 54.4 Å². The van der Waals surface area contributed by atoms with E-state index in [0.29, 0.717) is 6.42 Å². The summed E-state index contributed by atoms with van der Waals surface area (Å²) < 4.78 is 0. The number of amides is 11. The van der Waals surface area contributed by atoms with E-state index in [0.717, 1.165) is 6.92 Å². The minimum Gasteiger partial charge on any atom is -0.481 e. The lowest BCUT2D eigenvalue weighted by atomic mass is 9.97. The van der Waals surface area contributed by atoms with Crippen LogP contribution in [-0.4, -0.2) is 194 Å². The van der Waals surface area contributed by atoms with Gasteiger partial charge in [-0.15, -0.1) is 0 Å². The monoisotopic (exact) mass is 1070 g/mol. The molecule has 0 unspecified atom stereocenters. The molecule has 0 rings (SSSR count). The van der Waals surface area contributed by atoms with Crippen molar-refractivity contribution in [3.8, 4) is 0 Å². The number of hydrogen-bond acceptors (Lipinski definition) is 19. The fourth-order valence-corrected chi connectivity index (χ4v) is 6.45. The molecular weight excluding hydrogens is 995 g/mol. The summed E-state index contributed by atoms with van der Waals surface area (Å²) in [5, 5.41) is 68.6. The number of aliphatic hydroxyl groups is 3. The van der Waals surface area contributed by atoms with E-state index in [1.807, 2.05) is 0 Å². The van der Waals surface area contributed by atoms with E-state index in [9.17, 15) is 87.9 Å². The predicted octanol–water partition coefficient (Wildman–Crippen LogP) is -9.13. The molecule has 0 saturated heterocycles. The number of carboxylic acids is 2. The van der Waals surface area contributed by atoms with Crippen LogP contribution in [0.4, 0.5) is 0 Å². The highest BCUT2D eigenvalue weighted by molar-refractivity contribution is 7.80. The Labute approximate surface area is 424 Å². The molecule has 32 heteroatoms. The van der Waals surface area contributed by atoms with Gasteiger partial charge in [-0.05, 0) is 52.0 Å². The van der Waals surface area contributed by atoms with Crippen LogP contribution in [0.2, 0.25) is 0 Å². The van der Waals surface area contributed by atoms with Crippen LogP contribution in [0.5, 0.6) is 0 Å². The summed E-state index contributed by atoms with van der Waals surface area (Å²) in [7, 11) is 0. The number of carbonyl (C=O) groups excluding carboxylic acids is 11. The first-order valence-electron chi connectivity index (χ1n) is 22.8. The molecule has 11 amide bonds. The third-order valence-corrected chi connectivity index (χ3v) is 11.0. The van der Waals surface area contributed by atoms with E-state index in [1.54, 1.807) is 13.8 Å². The number of aliphatic hydroxyl groups excluding tert-OH is 3. The zero-order chi connectivity index (χ0) is 56.3. The second kappa shape index (κ2) is 33.8. The van der Waals surface area contributed by atoms with Gasteiger partial charge in [0.15, 0.2) is 0 Å². The Hall–Kier alpha value is -6.74. The quantitative estimate of drug-likeness (QED) is 0.0205. The number of primary amides is 2. The van der Waals surface area contributed by atoms with Crippen molar-refractivity contribution in [2.75, 3.05) is 25.4 Å². The lowest BCUT2D eigenvalue weighted by Crippen LogP contribution is -2.62. The average molecular weight is 1070 g/mol. The number of unbranched alkanes of at least 4 members (excludes halogenated alkanes) is 1. The minimum absolute atomic E-state index is 0.127. The molecule has 0 aliphatic carbocycles. The molecule has 73 heavy (non-hydrogen) atoms. The normalized spacial score (nSPS) is 15.9. The van der Waals surface area contributed by atoms with E-state index < -0.39 is 188 Å². The average Bonchev–Trinajstić information content (AvgIpc) is 3.31. The molecular formula is C41H71N13O18S. The summed E-state index contributed by atoms with van der Waals surface area (Å²) in [6, 6.07) is -15.0. The van der Waals surface area contributed by atoms with E-state index in [1.165, 1.54) is 6.92 Å². The standard InChI is InChI=1S/C41H71N13O18S/c1-5-17(2)31(39(69)52-25(16-73)41(71)72)53-35(65)22(12-26(43)58)50-37(67)24(15-55)47-28(60)14-46-33(63)21(9-10-29(61)62)48-34(64)20(8-6-7-11-42)49-40(70)32(19(4)57)54-36(66)23(13-27(44)59)51-38(68)30(45)18(3)56/h17-25,30-32,55-57,73H,5-16,42,45H2,1-4H3,(H2,43,58)(H2,44,59)(H,46,63)(H,47,60)(H,48,64)(H,49,70)(H,50,67)(H,51,68)(H,52,69)(H,53,65)(H,54,66)(H,61,62)(H,71,72)/t17-,18+,19+,20-,21-,22-,23-,24-,25-,30-,31-,32-/m0/s1. The number of thiol groups is 1. The van der Waals surface area contributed by atoms with Crippen LogP contribution in [0.25, 0.3) is 0 Å². The number of hydrogen-bond donors (Lipinski definition) is 19. The van der Waals surface area contributed by atoms with Gasteiger partial charge in [0, 0.05) is 12.2 Å². The molecule has 0 aliphatic rings. The first kappa shape index (κ1) is 66.3. The van der Waals surface area contributed by atoms with Crippen molar-refractivity contribution >= 4 is 89.5 Å². The van der Waals surface area contributed by atoms with Gasteiger partial charge in [-0.3, -0.25) is 57.5 Å². The second-order valence-corrected chi connectivity index (χ2v) is 17.1. The molecule has 0 aromatic carbocycles. The van der Waals surface area contributed by atoms with Crippen molar-refractivity contribution in [1.82, 2.24) is 47.9 Å². The van der Waals surface area contributed by atoms with Gasteiger partial charge in [0.25, 0.3) is 0 Å². The highest BCUT2D eigenvalue weighted by Crippen LogP contribution is 2.11. The summed E-state index contributed by atoms with van der Waals surface area (Å²) >= 11 is 3.89. The number of rotatable bonds is 36. The first-order valence-corrected chi connectivity index (χ1v) is 23.4. The molecule has 31 nitrogen and oxygen atoms in total. The lowest BCUT2D eigenvalue weighted by molar-refractivity contribution is -0.142. The molecule has 0 saturated carbocycles. The van der Waals surface area contributed by atoms with Crippen molar-refractivity contribution in [2.24, 2.45) is 28.9 Å². The maximum Gasteiger partial charge on any atom is 0.327 e. The summed E-state index contributed by atoms with van der Waals surface area (Å²) in [5.74, 6) is -16.3. The SMILES string of the molecule is CC[C@H](C)[C@H](NC(=O)[C@H](CC(N)=O)NC(=O)[C@H](CO)NC(=O)CNC(=O)[C@H](CCC(=O)O)NC(=O)[C@H](CCCCN)NC(=O)[C@@H](NC(=O)[C@H](CC(N)=O)NC(=O)[C@@H](N)[C@@H](C)O)[C@@H](C)O)C(=O)N[C@@H](CS)C(=O)O. The first-order chi connectivity index (χ1) is 34.0. The van der Waals surface area contributed by atoms with Gasteiger partial charge in [-0.1, -0.05) is 20.3 Å². The number of aliphatic carboxylic acids is 2. The molecule has 0 aliphatic heterocycles. The maximum absolute atomic E-state index is 13.7. The second-order valence-electron chi connectivity index (χ2n) is 16.8. The summed E-state index contributed by atoms with van der Waals surface area (Å²) in [5.41, 5.74) is 21.7. The highest BCUT2D eigenvalue weighted by Gasteiger charge is 2.37. The van der Waals surface area contributed by atoms with Crippen molar-refractivity contribution in [3.05, 3.63) is 0 Å². The van der Waals surface area contributed by atoms with Gasteiger partial charge in [-0.25, -0.2) is 4.79 Å². The number of carbonyl (C=O) groups is 13. The molecule has 12 atom stereocenters. The summed E-state index contributed by atoms with van der Waals surface area (Å²) in [6.07, 6.45) is -5.55. The Bertz CT molecular complexity index is 1960. The Morgan fingerprint density at radius 3 is 1.45 bits per heavy atom. The van der Waals surface area contributed by atoms with Crippen LogP contribution >= 0.6 is 12.6 Å². The minimum atomic E-state index is -1.88. The zero-order valence-corrected chi connectivity index (χ0v) is 41.6. The van der Waals surface area contributed by atoms with Crippen LogP contribution in [-0.2, 0) is 62.3 Å². The van der Waals surface area contributed by atoms with Gasteiger partial charge in [0.2, 0.25) is 65.0 Å². The molecule has 0 radical (unpaired) electrons. The molecule has 0 heterocycles. The van der Waals surface area contributed by atoms with Crippen molar-refractivity contribution in [1.29, 1.82) is 0 Å². The Morgan fingerprint density at radius 1 is 0.548 bits per heavy atom. The van der Waals surface area contributed by atoms with Crippen molar-refractivity contribution in [2.45, 2.75) is 146 Å². The molecule has 22 N–H and O–H groups in total. The molecule has 0 aromatic rings. The fourth-order valence-electron chi connectivity index (χ4n) is 6.20. The van der Waals surface area contributed by atoms with E-state index >= 15 is 0 Å². The summed E-state index contributed by atoms with van der Waals surface area (Å²) in [6.45, 7) is 3.45. The van der Waals surface area contributed by atoms with Gasteiger partial charge >= 0.3 is 11.9 Å². The van der Waals surface area contributed by atoms with Crippen molar-refractivity contribution < 1.29 is 87.9 Å².